The van der Waals surface area contributed by atoms with Crippen molar-refractivity contribution in [3.8, 4) is 0 Å². The molecule has 0 spiro atoms. The molecule has 3 atom stereocenters. The van der Waals surface area contributed by atoms with Gasteiger partial charge in [-0.15, -0.1) is 0 Å². The Balaban J connectivity index is 1.68. The minimum absolute atomic E-state index is 0.665. The summed E-state index contributed by atoms with van der Waals surface area (Å²) >= 11 is 0. The Kier molecular flexibility index (Phi) is 2.17. The maximum absolute atomic E-state index is 5.47. The van der Waals surface area contributed by atoms with Crippen molar-refractivity contribution in [2.24, 2.45) is 5.92 Å². The second kappa shape index (κ2) is 3.14. The number of hydrogen-bond acceptors (Lipinski definition) is 1. The molecule has 3 unspecified atom stereocenters. The molecule has 1 heteroatoms. The van der Waals surface area contributed by atoms with Crippen molar-refractivity contribution in [1.29, 1.82) is 0 Å². The van der Waals surface area contributed by atoms with E-state index in [1.54, 1.807) is 0 Å². The Hall–Kier alpha value is -0.0400. The highest BCUT2D eigenvalue weighted by Crippen LogP contribution is 2.40. The lowest BCUT2D eigenvalue weighted by molar-refractivity contribution is 0.347. The molecule has 1 aliphatic carbocycles. The van der Waals surface area contributed by atoms with E-state index in [1.807, 2.05) is 0 Å². The molecule has 0 amide bonds. The largest absolute Gasteiger partial charge is 0.370 e. The number of rotatable bonds is 3. The van der Waals surface area contributed by atoms with E-state index in [0.717, 1.165) is 12.3 Å². The molecule has 0 N–H and O–H groups in total. The van der Waals surface area contributed by atoms with E-state index in [4.69, 9.17) is 4.74 Å². The highest BCUT2D eigenvalue weighted by Gasteiger charge is 2.43. The van der Waals surface area contributed by atoms with Crippen molar-refractivity contribution in [2.45, 2.75) is 50.7 Å². The van der Waals surface area contributed by atoms with E-state index in [1.165, 1.54) is 32.1 Å². The van der Waals surface area contributed by atoms with E-state index in [0.29, 0.717) is 12.2 Å². The van der Waals surface area contributed by atoms with Crippen molar-refractivity contribution in [3.05, 3.63) is 6.92 Å². The van der Waals surface area contributed by atoms with Crippen molar-refractivity contribution in [2.75, 3.05) is 0 Å². The topological polar surface area (TPSA) is 12.5 Å². The number of hydrogen-bond donors (Lipinski definition) is 0. The van der Waals surface area contributed by atoms with Gasteiger partial charge in [-0.25, -0.2) is 0 Å². The average Bonchev–Trinajstić information content (AvgIpc) is 2.78. The predicted molar refractivity (Wildman–Crippen MR) is 45.2 cm³/mol. The second-order valence-corrected chi connectivity index (χ2v) is 3.89. The molecule has 63 valence electrons. The van der Waals surface area contributed by atoms with Crippen LogP contribution < -0.4 is 0 Å². The normalized spacial score (nSPS) is 41.7. The maximum atomic E-state index is 5.47. The number of ether oxygens (including phenoxy) is 1. The van der Waals surface area contributed by atoms with Gasteiger partial charge in [0, 0.05) is 0 Å². The van der Waals surface area contributed by atoms with E-state index < -0.39 is 0 Å². The van der Waals surface area contributed by atoms with Gasteiger partial charge in [-0.1, -0.05) is 26.2 Å². The summed E-state index contributed by atoms with van der Waals surface area (Å²) in [6.45, 7) is 3.87. The van der Waals surface area contributed by atoms with Crippen molar-refractivity contribution in [1.82, 2.24) is 0 Å². The van der Waals surface area contributed by atoms with Gasteiger partial charge in [-0.2, -0.15) is 0 Å². The first-order valence-electron chi connectivity index (χ1n) is 4.85. The third-order valence-electron chi connectivity index (χ3n) is 2.98. The maximum Gasteiger partial charge on any atom is 0.0844 e. The lowest BCUT2D eigenvalue weighted by Gasteiger charge is -2.17. The van der Waals surface area contributed by atoms with Crippen LogP contribution in [0.4, 0.5) is 0 Å². The second-order valence-electron chi connectivity index (χ2n) is 3.89. The molecule has 1 heterocycles. The zero-order valence-corrected chi connectivity index (χ0v) is 7.09. The fourth-order valence-electron chi connectivity index (χ4n) is 2.18. The fraction of sp³-hybridized carbons (Fsp3) is 0.900. The summed E-state index contributed by atoms with van der Waals surface area (Å²) in [6.07, 6.45) is 9.20. The SMILES string of the molecule is [CH2]CCCC1CCC2OC2C1. The van der Waals surface area contributed by atoms with Crippen LogP contribution in [0.5, 0.6) is 0 Å². The third kappa shape index (κ3) is 1.76. The molecule has 1 saturated carbocycles. The van der Waals surface area contributed by atoms with Crippen molar-refractivity contribution < 1.29 is 4.74 Å². The molecule has 1 nitrogen and oxygen atoms in total. The number of epoxide rings is 1. The van der Waals surface area contributed by atoms with E-state index in [2.05, 4.69) is 6.92 Å². The third-order valence-corrected chi connectivity index (χ3v) is 2.98. The molecular formula is C10H17O. The molecule has 1 saturated heterocycles. The Morgan fingerprint density at radius 2 is 2.18 bits per heavy atom. The molecule has 1 radical (unpaired) electrons. The predicted octanol–water partition coefficient (Wildman–Crippen LogP) is 2.56. The van der Waals surface area contributed by atoms with Gasteiger partial charge in [0.1, 0.15) is 0 Å². The van der Waals surface area contributed by atoms with Crippen LogP contribution in [0.25, 0.3) is 0 Å². The Morgan fingerprint density at radius 1 is 1.27 bits per heavy atom. The molecule has 2 aliphatic rings. The minimum Gasteiger partial charge on any atom is -0.370 e. The summed E-state index contributed by atoms with van der Waals surface area (Å²) in [6, 6.07) is 0. The van der Waals surface area contributed by atoms with Crippen molar-refractivity contribution >= 4 is 0 Å². The average molecular weight is 153 g/mol. The van der Waals surface area contributed by atoms with E-state index in [-0.39, 0.29) is 0 Å². The van der Waals surface area contributed by atoms with Gasteiger partial charge in [0.05, 0.1) is 12.2 Å². The van der Waals surface area contributed by atoms with E-state index in [9.17, 15) is 0 Å². The Bertz CT molecular complexity index is 133. The van der Waals surface area contributed by atoms with Gasteiger partial charge < -0.3 is 4.74 Å². The highest BCUT2D eigenvalue weighted by atomic mass is 16.6. The molecular weight excluding hydrogens is 136 g/mol. The van der Waals surface area contributed by atoms with Crippen LogP contribution in [-0.4, -0.2) is 12.2 Å². The molecule has 1 aliphatic heterocycles. The van der Waals surface area contributed by atoms with Crippen LogP contribution in [0.3, 0.4) is 0 Å². The zero-order chi connectivity index (χ0) is 7.68. The molecule has 2 fully saturated rings. The first kappa shape index (κ1) is 7.60. The monoisotopic (exact) mass is 153 g/mol. The van der Waals surface area contributed by atoms with Gasteiger partial charge >= 0.3 is 0 Å². The highest BCUT2D eigenvalue weighted by molar-refractivity contribution is 4.91. The first-order valence-corrected chi connectivity index (χ1v) is 4.85. The molecule has 0 aromatic rings. The minimum atomic E-state index is 0.665. The molecule has 0 aromatic heterocycles. The van der Waals surface area contributed by atoms with E-state index >= 15 is 0 Å². The van der Waals surface area contributed by atoms with Crippen LogP contribution in [0, 0.1) is 12.8 Å². The van der Waals surface area contributed by atoms with Gasteiger partial charge in [0.2, 0.25) is 0 Å². The van der Waals surface area contributed by atoms with Crippen LogP contribution in [0.2, 0.25) is 0 Å². The Morgan fingerprint density at radius 3 is 2.91 bits per heavy atom. The zero-order valence-electron chi connectivity index (χ0n) is 7.09. The summed E-state index contributed by atoms with van der Waals surface area (Å²) in [5.74, 6) is 0.959. The molecule has 0 aromatic carbocycles. The molecule has 11 heavy (non-hydrogen) atoms. The lowest BCUT2D eigenvalue weighted by Crippen LogP contribution is -2.13. The first-order chi connectivity index (χ1) is 5.40. The summed E-state index contributed by atoms with van der Waals surface area (Å²) < 4.78 is 5.47. The number of fused-ring (bicyclic) bond motifs is 1. The van der Waals surface area contributed by atoms with Crippen molar-refractivity contribution in [3.63, 3.8) is 0 Å². The van der Waals surface area contributed by atoms with Crippen LogP contribution >= 0.6 is 0 Å². The Labute approximate surface area is 69.1 Å². The van der Waals surface area contributed by atoms with Gasteiger partial charge in [0.25, 0.3) is 0 Å². The number of unbranched alkanes of at least 4 members (excludes halogenated alkanes) is 1. The van der Waals surface area contributed by atoms with Gasteiger partial charge in [-0.3, -0.25) is 0 Å². The van der Waals surface area contributed by atoms with Crippen LogP contribution in [-0.2, 0) is 4.74 Å². The summed E-state index contributed by atoms with van der Waals surface area (Å²) in [5, 5.41) is 0. The summed E-state index contributed by atoms with van der Waals surface area (Å²) in [5.41, 5.74) is 0. The molecule has 2 rings (SSSR count). The fourth-order valence-corrected chi connectivity index (χ4v) is 2.18. The lowest BCUT2D eigenvalue weighted by atomic mass is 9.86. The smallest absolute Gasteiger partial charge is 0.0844 e. The quantitative estimate of drug-likeness (QED) is 0.568. The van der Waals surface area contributed by atoms with Crippen LogP contribution in [0.15, 0.2) is 0 Å². The van der Waals surface area contributed by atoms with Gasteiger partial charge in [-0.05, 0) is 25.2 Å². The standard InChI is InChI=1S/C10H17O/c1-2-3-4-8-5-6-9-10(7-8)11-9/h8-10H,1-7H2. The van der Waals surface area contributed by atoms with Gasteiger partial charge in [0.15, 0.2) is 0 Å². The molecule has 0 bridgehead atoms. The summed E-state index contributed by atoms with van der Waals surface area (Å²) in [7, 11) is 0. The summed E-state index contributed by atoms with van der Waals surface area (Å²) in [4.78, 5) is 0. The van der Waals surface area contributed by atoms with Crippen LogP contribution in [0.1, 0.15) is 38.5 Å².